The van der Waals surface area contributed by atoms with E-state index in [2.05, 4.69) is 0 Å². The Morgan fingerprint density at radius 1 is 1.33 bits per heavy atom. The van der Waals surface area contributed by atoms with Gasteiger partial charge in [0.25, 0.3) is 0 Å². The fraction of sp³-hybridized carbons (Fsp3) is 0.364. The Hall–Kier alpha value is -1.71. The van der Waals surface area contributed by atoms with E-state index in [9.17, 15) is 4.79 Å². The molecular weight excluding hydrogens is 194 g/mol. The molecule has 0 saturated heterocycles. The van der Waals surface area contributed by atoms with Crippen LogP contribution in [0.25, 0.3) is 0 Å². The summed E-state index contributed by atoms with van der Waals surface area (Å²) in [7, 11) is 3.49. The lowest BCUT2D eigenvalue weighted by molar-refractivity contribution is -0.127. The predicted octanol–water partition coefficient (Wildman–Crippen LogP) is 1.05. The van der Waals surface area contributed by atoms with Crippen LogP contribution in [-0.4, -0.2) is 31.7 Å². The van der Waals surface area contributed by atoms with Gasteiger partial charge in [0, 0.05) is 14.1 Å². The first-order valence-corrected chi connectivity index (χ1v) is 4.75. The normalized spacial score (nSPS) is 12.7. The van der Waals surface area contributed by atoms with Crippen molar-refractivity contribution in [1.29, 1.82) is 0 Å². The highest BCUT2D eigenvalue weighted by molar-refractivity contribution is 5.78. The molecule has 1 aromatic rings. The Kier molecular flexibility index (Phi) is 2.49. The Bertz CT molecular complexity index is 387. The molecule has 0 saturated carbocycles. The van der Waals surface area contributed by atoms with Gasteiger partial charge in [-0.1, -0.05) is 6.07 Å². The van der Waals surface area contributed by atoms with E-state index in [4.69, 9.17) is 9.47 Å². The van der Waals surface area contributed by atoms with Crippen LogP contribution in [0.4, 0.5) is 0 Å². The van der Waals surface area contributed by atoms with Gasteiger partial charge < -0.3 is 14.4 Å². The highest BCUT2D eigenvalue weighted by Gasteiger charge is 2.14. The van der Waals surface area contributed by atoms with Gasteiger partial charge in [-0.3, -0.25) is 4.79 Å². The minimum Gasteiger partial charge on any atom is -0.454 e. The molecule has 1 aromatic carbocycles. The Balaban J connectivity index is 2.13. The molecule has 0 spiro atoms. The average molecular weight is 207 g/mol. The number of benzene rings is 1. The van der Waals surface area contributed by atoms with E-state index in [0.29, 0.717) is 6.42 Å². The van der Waals surface area contributed by atoms with Gasteiger partial charge in [0.15, 0.2) is 11.5 Å². The molecule has 0 N–H and O–H groups in total. The standard InChI is InChI=1S/C11H13NO3/c1-12(2)11(13)6-8-3-4-9-10(5-8)15-7-14-9/h3-5H,6-7H2,1-2H3. The minimum atomic E-state index is 0.0777. The van der Waals surface area contributed by atoms with E-state index in [-0.39, 0.29) is 12.7 Å². The highest BCUT2D eigenvalue weighted by atomic mass is 16.7. The first-order valence-electron chi connectivity index (χ1n) is 4.75. The molecule has 80 valence electrons. The average Bonchev–Trinajstić information content (AvgIpc) is 2.64. The van der Waals surface area contributed by atoms with Crippen LogP contribution in [0.1, 0.15) is 5.56 Å². The quantitative estimate of drug-likeness (QED) is 0.727. The van der Waals surface area contributed by atoms with Crippen molar-refractivity contribution in [2.75, 3.05) is 20.9 Å². The lowest BCUT2D eigenvalue weighted by atomic mass is 10.1. The Morgan fingerprint density at radius 2 is 2.07 bits per heavy atom. The summed E-state index contributed by atoms with van der Waals surface area (Å²) < 4.78 is 10.4. The molecule has 0 radical (unpaired) electrons. The van der Waals surface area contributed by atoms with E-state index in [1.54, 1.807) is 19.0 Å². The van der Waals surface area contributed by atoms with Crippen LogP contribution in [0.2, 0.25) is 0 Å². The fourth-order valence-electron chi connectivity index (χ4n) is 1.38. The van der Waals surface area contributed by atoms with Crippen LogP contribution in [-0.2, 0) is 11.2 Å². The van der Waals surface area contributed by atoms with Gasteiger partial charge >= 0.3 is 0 Å². The van der Waals surface area contributed by atoms with Crippen molar-refractivity contribution in [1.82, 2.24) is 4.90 Å². The monoisotopic (exact) mass is 207 g/mol. The zero-order valence-electron chi connectivity index (χ0n) is 8.82. The molecule has 0 aliphatic carbocycles. The molecule has 0 unspecified atom stereocenters. The number of ether oxygens (including phenoxy) is 2. The van der Waals surface area contributed by atoms with Crippen LogP contribution in [0.15, 0.2) is 18.2 Å². The topological polar surface area (TPSA) is 38.8 Å². The second-order valence-corrected chi connectivity index (χ2v) is 3.65. The lowest BCUT2D eigenvalue weighted by Gasteiger charge is -2.10. The van der Waals surface area contributed by atoms with Crippen molar-refractivity contribution >= 4 is 5.91 Å². The summed E-state index contributed by atoms with van der Waals surface area (Å²) in [6.07, 6.45) is 0.392. The number of likely N-dealkylation sites (N-methyl/N-ethyl adjacent to an activating group) is 1. The SMILES string of the molecule is CN(C)C(=O)Cc1ccc2c(c1)OCO2. The number of hydrogen-bond acceptors (Lipinski definition) is 3. The molecule has 15 heavy (non-hydrogen) atoms. The van der Waals surface area contributed by atoms with E-state index >= 15 is 0 Å². The molecule has 0 aromatic heterocycles. The van der Waals surface area contributed by atoms with Gasteiger partial charge in [-0.15, -0.1) is 0 Å². The summed E-state index contributed by atoms with van der Waals surface area (Å²) in [5, 5.41) is 0. The highest BCUT2D eigenvalue weighted by Crippen LogP contribution is 2.32. The second kappa shape index (κ2) is 3.81. The first kappa shape index (κ1) is 9.83. The first-order chi connectivity index (χ1) is 7.16. The van der Waals surface area contributed by atoms with Crippen molar-refractivity contribution < 1.29 is 14.3 Å². The maximum atomic E-state index is 11.5. The van der Waals surface area contributed by atoms with Crippen LogP contribution >= 0.6 is 0 Å². The largest absolute Gasteiger partial charge is 0.454 e. The molecule has 1 amide bonds. The number of nitrogens with zero attached hydrogens (tertiary/aromatic N) is 1. The van der Waals surface area contributed by atoms with Crippen LogP contribution in [0.3, 0.4) is 0 Å². The molecular formula is C11H13NO3. The zero-order valence-corrected chi connectivity index (χ0v) is 8.82. The summed E-state index contributed by atoms with van der Waals surface area (Å²) in [5.41, 5.74) is 0.943. The van der Waals surface area contributed by atoms with Crippen molar-refractivity contribution in [2.24, 2.45) is 0 Å². The molecule has 1 aliphatic heterocycles. The van der Waals surface area contributed by atoms with Crippen molar-refractivity contribution in [3.05, 3.63) is 23.8 Å². The summed E-state index contributed by atoms with van der Waals surface area (Å²) in [6, 6.07) is 5.57. The van der Waals surface area contributed by atoms with Crippen molar-refractivity contribution in [3.8, 4) is 11.5 Å². The van der Waals surface area contributed by atoms with E-state index < -0.39 is 0 Å². The molecule has 0 atom stereocenters. The number of carbonyl (C=O) groups excluding carboxylic acids is 1. The number of hydrogen-bond donors (Lipinski definition) is 0. The molecule has 1 heterocycles. The number of rotatable bonds is 2. The molecule has 4 nitrogen and oxygen atoms in total. The van der Waals surface area contributed by atoms with Gasteiger partial charge in [0.1, 0.15) is 0 Å². The third-order valence-corrected chi connectivity index (χ3v) is 2.29. The van der Waals surface area contributed by atoms with Gasteiger partial charge in [-0.05, 0) is 17.7 Å². The van der Waals surface area contributed by atoms with E-state index in [1.165, 1.54) is 0 Å². The lowest BCUT2D eigenvalue weighted by Crippen LogP contribution is -2.23. The maximum Gasteiger partial charge on any atom is 0.231 e. The van der Waals surface area contributed by atoms with Crippen LogP contribution in [0.5, 0.6) is 11.5 Å². The summed E-state index contributed by atoms with van der Waals surface area (Å²) in [4.78, 5) is 13.0. The van der Waals surface area contributed by atoms with Gasteiger partial charge in [-0.25, -0.2) is 0 Å². The zero-order chi connectivity index (χ0) is 10.8. The predicted molar refractivity (Wildman–Crippen MR) is 55.0 cm³/mol. The Labute approximate surface area is 88.4 Å². The summed E-state index contributed by atoms with van der Waals surface area (Å²) in [5.74, 6) is 1.55. The smallest absolute Gasteiger partial charge is 0.231 e. The third-order valence-electron chi connectivity index (χ3n) is 2.29. The molecule has 4 heteroatoms. The fourth-order valence-corrected chi connectivity index (χ4v) is 1.38. The summed E-state index contributed by atoms with van der Waals surface area (Å²) >= 11 is 0. The molecule has 0 fully saturated rings. The number of amides is 1. The second-order valence-electron chi connectivity index (χ2n) is 3.65. The van der Waals surface area contributed by atoms with Gasteiger partial charge in [0.2, 0.25) is 12.7 Å². The number of carbonyl (C=O) groups is 1. The minimum absolute atomic E-state index is 0.0777. The van der Waals surface area contributed by atoms with Crippen LogP contribution < -0.4 is 9.47 Å². The van der Waals surface area contributed by atoms with E-state index in [1.807, 2.05) is 18.2 Å². The van der Waals surface area contributed by atoms with Crippen LogP contribution in [0, 0.1) is 0 Å². The summed E-state index contributed by atoms with van der Waals surface area (Å²) in [6.45, 7) is 0.264. The van der Waals surface area contributed by atoms with Crippen molar-refractivity contribution in [3.63, 3.8) is 0 Å². The maximum absolute atomic E-state index is 11.5. The van der Waals surface area contributed by atoms with E-state index in [0.717, 1.165) is 17.1 Å². The molecule has 0 bridgehead atoms. The molecule has 1 aliphatic rings. The molecule has 2 rings (SSSR count). The Morgan fingerprint density at radius 3 is 2.80 bits per heavy atom. The van der Waals surface area contributed by atoms with Crippen molar-refractivity contribution in [2.45, 2.75) is 6.42 Å². The van der Waals surface area contributed by atoms with Gasteiger partial charge in [0.05, 0.1) is 6.42 Å². The van der Waals surface area contributed by atoms with Gasteiger partial charge in [-0.2, -0.15) is 0 Å². The third kappa shape index (κ3) is 2.03. The number of fused-ring (bicyclic) bond motifs is 1.